The van der Waals surface area contributed by atoms with E-state index in [4.69, 9.17) is 5.84 Å². The highest BCUT2D eigenvalue weighted by atomic mass is 79.9. The maximum absolute atomic E-state index is 13.6. The van der Waals surface area contributed by atoms with Crippen molar-refractivity contribution in [2.24, 2.45) is 5.84 Å². The Kier molecular flexibility index (Phi) is 3.73. The number of nitrogens with two attached hydrogens (primary N) is 1. The second kappa shape index (κ2) is 5.28. The van der Waals surface area contributed by atoms with Crippen LogP contribution in [0.5, 0.6) is 0 Å². The summed E-state index contributed by atoms with van der Waals surface area (Å²) in [7, 11) is 0. The highest BCUT2D eigenvalue weighted by Crippen LogP contribution is 2.28. The van der Waals surface area contributed by atoms with Crippen molar-refractivity contribution in [1.29, 1.82) is 0 Å². The molecule has 0 saturated heterocycles. The monoisotopic (exact) mass is 311 g/mol. The summed E-state index contributed by atoms with van der Waals surface area (Å²) in [6, 6.07) is 6.30. The van der Waals surface area contributed by atoms with Crippen molar-refractivity contribution in [3.8, 4) is 0 Å². The summed E-state index contributed by atoms with van der Waals surface area (Å²) in [5, 5.41) is 2.89. The van der Waals surface area contributed by atoms with Crippen LogP contribution in [0.1, 0.15) is 5.82 Å². The van der Waals surface area contributed by atoms with E-state index in [2.05, 4.69) is 36.6 Å². The molecule has 18 heavy (non-hydrogen) atoms. The smallest absolute Gasteiger partial charge is 0.147 e. The third-order valence-electron chi connectivity index (χ3n) is 2.20. The Hall–Kier alpha value is -1.73. The SMILES string of the molecule is Cc1nc(NN)cc(Nc2c(F)cccc2Br)n1. The molecule has 0 atom stereocenters. The minimum absolute atomic E-state index is 0.318. The van der Waals surface area contributed by atoms with Crippen LogP contribution in [0.3, 0.4) is 0 Å². The number of benzene rings is 1. The average Bonchev–Trinajstić information content (AvgIpc) is 2.33. The molecule has 0 unspecified atom stereocenters. The number of hydrazine groups is 1. The second-order valence-electron chi connectivity index (χ2n) is 3.55. The lowest BCUT2D eigenvalue weighted by Crippen LogP contribution is -2.10. The molecule has 1 aromatic carbocycles. The number of hydrogen-bond acceptors (Lipinski definition) is 5. The molecule has 0 radical (unpaired) electrons. The largest absolute Gasteiger partial charge is 0.337 e. The van der Waals surface area contributed by atoms with Crippen molar-refractivity contribution >= 4 is 33.3 Å². The van der Waals surface area contributed by atoms with Crippen LogP contribution in [0.25, 0.3) is 0 Å². The summed E-state index contributed by atoms with van der Waals surface area (Å²) in [5.41, 5.74) is 2.74. The number of nitrogen functional groups attached to an aromatic ring is 1. The summed E-state index contributed by atoms with van der Waals surface area (Å²) in [5.74, 6) is 6.36. The molecule has 7 heteroatoms. The first kappa shape index (κ1) is 12.7. The Morgan fingerprint density at radius 1 is 1.28 bits per heavy atom. The maximum Gasteiger partial charge on any atom is 0.147 e. The van der Waals surface area contributed by atoms with E-state index in [1.807, 2.05) is 0 Å². The van der Waals surface area contributed by atoms with Gasteiger partial charge in [-0.1, -0.05) is 6.07 Å². The Morgan fingerprint density at radius 2 is 2.00 bits per heavy atom. The van der Waals surface area contributed by atoms with E-state index in [1.54, 1.807) is 25.1 Å². The minimum atomic E-state index is -0.372. The van der Waals surface area contributed by atoms with Crippen LogP contribution in [0.15, 0.2) is 28.7 Å². The molecule has 0 aliphatic carbocycles. The van der Waals surface area contributed by atoms with E-state index in [-0.39, 0.29) is 5.82 Å². The number of rotatable bonds is 3. The van der Waals surface area contributed by atoms with Gasteiger partial charge in [0.15, 0.2) is 0 Å². The first-order chi connectivity index (χ1) is 8.60. The molecule has 0 amide bonds. The Balaban J connectivity index is 2.37. The number of halogens is 2. The molecule has 2 rings (SSSR count). The van der Waals surface area contributed by atoms with Crippen molar-refractivity contribution in [3.05, 3.63) is 40.4 Å². The molecule has 0 fully saturated rings. The fraction of sp³-hybridized carbons (Fsp3) is 0.0909. The first-order valence-corrected chi connectivity index (χ1v) is 5.93. The number of nitrogens with zero attached hydrogens (tertiary/aromatic N) is 2. The standard InChI is InChI=1S/C11H11BrFN5/c1-6-15-9(5-10(16-6)18-14)17-11-7(12)3-2-4-8(11)13/h2-5H,14H2,1H3,(H2,15,16,17,18). The van der Waals surface area contributed by atoms with Crippen molar-refractivity contribution < 1.29 is 4.39 Å². The maximum atomic E-state index is 13.6. The number of nitrogens with one attached hydrogen (secondary N) is 2. The van der Waals surface area contributed by atoms with Crippen molar-refractivity contribution in [2.45, 2.75) is 6.92 Å². The number of anilines is 3. The molecule has 2 aromatic rings. The van der Waals surface area contributed by atoms with Gasteiger partial charge in [-0.15, -0.1) is 0 Å². The average molecular weight is 312 g/mol. The molecule has 0 saturated carbocycles. The van der Waals surface area contributed by atoms with Gasteiger partial charge >= 0.3 is 0 Å². The predicted octanol–water partition coefficient (Wildman–Crippen LogP) is 2.72. The Bertz CT molecular complexity index is 555. The van der Waals surface area contributed by atoms with Gasteiger partial charge in [0, 0.05) is 10.5 Å². The van der Waals surface area contributed by atoms with E-state index in [0.717, 1.165) is 0 Å². The lowest BCUT2D eigenvalue weighted by Gasteiger charge is -2.10. The fourth-order valence-electron chi connectivity index (χ4n) is 1.45. The van der Waals surface area contributed by atoms with E-state index < -0.39 is 0 Å². The Morgan fingerprint density at radius 3 is 2.67 bits per heavy atom. The second-order valence-corrected chi connectivity index (χ2v) is 4.41. The van der Waals surface area contributed by atoms with Crippen LogP contribution in [-0.4, -0.2) is 9.97 Å². The van der Waals surface area contributed by atoms with Gasteiger partial charge in [0.25, 0.3) is 0 Å². The zero-order chi connectivity index (χ0) is 13.1. The van der Waals surface area contributed by atoms with E-state index >= 15 is 0 Å². The fourth-order valence-corrected chi connectivity index (χ4v) is 1.89. The molecule has 5 nitrogen and oxygen atoms in total. The molecule has 0 spiro atoms. The van der Waals surface area contributed by atoms with Gasteiger partial charge in [-0.2, -0.15) is 0 Å². The Labute approximate surface area is 112 Å². The number of hydrogen-bond donors (Lipinski definition) is 3. The van der Waals surface area contributed by atoms with Crippen LogP contribution >= 0.6 is 15.9 Å². The van der Waals surface area contributed by atoms with Crippen LogP contribution in [-0.2, 0) is 0 Å². The van der Waals surface area contributed by atoms with Crippen LogP contribution in [0, 0.1) is 12.7 Å². The normalized spacial score (nSPS) is 10.2. The van der Waals surface area contributed by atoms with Gasteiger partial charge in [-0.25, -0.2) is 20.2 Å². The van der Waals surface area contributed by atoms with Crippen LogP contribution < -0.4 is 16.6 Å². The zero-order valence-corrected chi connectivity index (χ0v) is 11.1. The van der Waals surface area contributed by atoms with Crippen molar-refractivity contribution in [3.63, 3.8) is 0 Å². The van der Waals surface area contributed by atoms with Gasteiger partial charge < -0.3 is 10.7 Å². The molecule has 4 N–H and O–H groups in total. The lowest BCUT2D eigenvalue weighted by atomic mass is 10.3. The summed E-state index contributed by atoms with van der Waals surface area (Å²) in [6.45, 7) is 1.72. The third-order valence-corrected chi connectivity index (χ3v) is 2.86. The number of aryl methyl sites for hydroxylation is 1. The molecule has 1 heterocycles. The topological polar surface area (TPSA) is 75.9 Å². The summed E-state index contributed by atoms with van der Waals surface area (Å²) < 4.78 is 14.3. The van der Waals surface area contributed by atoms with E-state index in [9.17, 15) is 4.39 Å². The van der Waals surface area contributed by atoms with Gasteiger partial charge in [0.05, 0.1) is 5.69 Å². The van der Waals surface area contributed by atoms with Crippen molar-refractivity contribution in [2.75, 3.05) is 10.7 Å². The lowest BCUT2D eigenvalue weighted by molar-refractivity contribution is 0.631. The zero-order valence-electron chi connectivity index (χ0n) is 9.54. The summed E-state index contributed by atoms with van der Waals surface area (Å²) in [6.07, 6.45) is 0. The molecule has 94 valence electrons. The molecule has 0 aliphatic heterocycles. The highest BCUT2D eigenvalue weighted by Gasteiger charge is 2.08. The highest BCUT2D eigenvalue weighted by molar-refractivity contribution is 9.10. The van der Waals surface area contributed by atoms with E-state index in [0.29, 0.717) is 27.6 Å². The van der Waals surface area contributed by atoms with Crippen LogP contribution in [0.4, 0.5) is 21.7 Å². The minimum Gasteiger partial charge on any atom is -0.337 e. The molecule has 0 bridgehead atoms. The number of aromatic nitrogens is 2. The van der Waals surface area contributed by atoms with Crippen molar-refractivity contribution in [1.82, 2.24) is 9.97 Å². The predicted molar refractivity (Wildman–Crippen MR) is 72.0 cm³/mol. The number of para-hydroxylation sites is 1. The third kappa shape index (κ3) is 2.74. The molecule has 0 aliphatic rings. The summed E-state index contributed by atoms with van der Waals surface area (Å²) >= 11 is 3.27. The van der Waals surface area contributed by atoms with Gasteiger partial charge in [-0.3, -0.25) is 0 Å². The summed E-state index contributed by atoms with van der Waals surface area (Å²) in [4.78, 5) is 8.20. The molecular formula is C11H11BrFN5. The van der Waals surface area contributed by atoms with Gasteiger partial charge in [0.1, 0.15) is 23.3 Å². The first-order valence-electron chi connectivity index (χ1n) is 5.13. The van der Waals surface area contributed by atoms with E-state index in [1.165, 1.54) is 6.07 Å². The quantitative estimate of drug-likeness (QED) is 0.600. The van der Waals surface area contributed by atoms with Gasteiger partial charge in [0.2, 0.25) is 0 Å². The van der Waals surface area contributed by atoms with Gasteiger partial charge in [-0.05, 0) is 35.0 Å². The molecular weight excluding hydrogens is 301 g/mol. The van der Waals surface area contributed by atoms with Crippen LogP contribution in [0.2, 0.25) is 0 Å². The molecule has 1 aromatic heterocycles.